The van der Waals surface area contributed by atoms with Crippen LogP contribution in [0, 0.1) is 18.8 Å². The van der Waals surface area contributed by atoms with E-state index in [-0.39, 0.29) is 11.5 Å². The Labute approximate surface area is 167 Å². The highest BCUT2D eigenvalue weighted by Gasteiger charge is 2.33. The molecule has 0 radical (unpaired) electrons. The van der Waals surface area contributed by atoms with Crippen LogP contribution in [0.2, 0.25) is 5.02 Å². The van der Waals surface area contributed by atoms with E-state index >= 15 is 0 Å². The second-order valence-corrected chi connectivity index (χ2v) is 9.64. The van der Waals surface area contributed by atoms with E-state index in [0.29, 0.717) is 28.9 Å². The van der Waals surface area contributed by atoms with Gasteiger partial charge in [-0.15, -0.1) is 11.3 Å². The molecule has 1 aliphatic heterocycles. The molecule has 3 aliphatic rings. The summed E-state index contributed by atoms with van der Waals surface area (Å²) in [6, 6.07) is 0. The van der Waals surface area contributed by atoms with E-state index in [1.165, 1.54) is 37.0 Å². The molecule has 0 aromatic carbocycles. The van der Waals surface area contributed by atoms with Crippen LogP contribution < -0.4 is 5.56 Å². The number of amides is 1. The first kappa shape index (κ1) is 17.4. The molecule has 2 saturated carbocycles. The van der Waals surface area contributed by atoms with Gasteiger partial charge in [0.15, 0.2) is 0 Å². The molecule has 0 saturated heterocycles. The van der Waals surface area contributed by atoms with Crippen LogP contribution >= 0.6 is 22.9 Å². The highest BCUT2D eigenvalue weighted by molar-refractivity contribution is 7.13. The normalized spacial score (nSPS) is 18.8. The maximum absolute atomic E-state index is 13.0. The van der Waals surface area contributed by atoms with Crippen LogP contribution in [-0.4, -0.2) is 20.4 Å². The van der Waals surface area contributed by atoms with Gasteiger partial charge in [0.1, 0.15) is 9.90 Å². The van der Waals surface area contributed by atoms with Gasteiger partial charge in [0.25, 0.3) is 11.5 Å². The number of hydrogen-bond acceptors (Lipinski definition) is 4. The van der Waals surface area contributed by atoms with Crippen LogP contribution in [0.15, 0.2) is 11.0 Å². The van der Waals surface area contributed by atoms with Gasteiger partial charge in [0.05, 0.1) is 17.7 Å². The largest absolute Gasteiger partial charge is 0.328 e. The van der Waals surface area contributed by atoms with Crippen molar-refractivity contribution >= 4 is 28.8 Å². The molecule has 0 N–H and O–H groups in total. The summed E-state index contributed by atoms with van der Waals surface area (Å²) in [5.41, 5.74) is 2.71. The maximum Gasteiger partial charge on any atom is 0.269 e. The maximum atomic E-state index is 13.0. The summed E-state index contributed by atoms with van der Waals surface area (Å²) in [5, 5.41) is 1.36. The number of aromatic nitrogens is 2. The third-order valence-corrected chi connectivity index (χ3v) is 7.38. The van der Waals surface area contributed by atoms with E-state index in [2.05, 4.69) is 4.98 Å². The molecule has 2 aromatic heterocycles. The number of hydrogen-bond donors (Lipinski definition) is 0. The van der Waals surface area contributed by atoms with Crippen LogP contribution in [-0.2, 0) is 26.1 Å². The average Bonchev–Trinajstić information content (AvgIpc) is 3.56. The van der Waals surface area contributed by atoms with Gasteiger partial charge < -0.3 is 9.47 Å². The Balaban J connectivity index is 1.42. The van der Waals surface area contributed by atoms with Crippen molar-refractivity contribution in [3.05, 3.63) is 48.3 Å². The van der Waals surface area contributed by atoms with Crippen molar-refractivity contribution in [2.75, 3.05) is 0 Å². The fourth-order valence-corrected chi connectivity index (χ4v) is 5.07. The van der Waals surface area contributed by atoms with Crippen LogP contribution in [0.5, 0.6) is 0 Å². The van der Waals surface area contributed by atoms with Gasteiger partial charge in [-0.3, -0.25) is 9.59 Å². The molecule has 5 rings (SSSR count). The summed E-state index contributed by atoms with van der Waals surface area (Å²) < 4.78 is 1.82. The van der Waals surface area contributed by atoms with Crippen molar-refractivity contribution in [2.24, 2.45) is 11.8 Å². The Morgan fingerprint density at radius 3 is 2.70 bits per heavy atom. The molecule has 2 fully saturated rings. The Kier molecular flexibility index (Phi) is 4.17. The van der Waals surface area contributed by atoms with E-state index in [0.717, 1.165) is 40.7 Å². The minimum absolute atomic E-state index is 0.00619. The average molecular weight is 404 g/mol. The third kappa shape index (κ3) is 3.23. The van der Waals surface area contributed by atoms with Crippen molar-refractivity contribution in [1.29, 1.82) is 0 Å². The molecule has 7 heteroatoms. The Morgan fingerprint density at radius 1 is 1.26 bits per heavy atom. The van der Waals surface area contributed by atoms with Crippen molar-refractivity contribution in [3.8, 4) is 0 Å². The lowest BCUT2D eigenvalue weighted by Crippen LogP contribution is -2.28. The van der Waals surface area contributed by atoms with Gasteiger partial charge in [-0.1, -0.05) is 11.6 Å². The smallest absolute Gasteiger partial charge is 0.269 e. The molecular weight excluding hydrogens is 382 g/mol. The molecule has 5 nitrogen and oxygen atoms in total. The highest BCUT2D eigenvalue weighted by Crippen LogP contribution is 2.36. The summed E-state index contributed by atoms with van der Waals surface area (Å²) in [6.07, 6.45) is 7.60. The number of thiazole rings is 1. The number of nitrogens with zero attached hydrogens (tertiary/aromatic N) is 3. The number of halogens is 1. The monoisotopic (exact) mass is 403 g/mol. The predicted molar refractivity (Wildman–Crippen MR) is 105 cm³/mol. The number of pyridine rings is 1. The second kappa shape index (κ2) is 6.45. The molecule has 1 amide bonds. The summed E-state index contributed by atoms with van der Waals surface area (Å²) in [4.78, 5) is 32.7. The zero-order chi connectivity index (χ0) is 18.7. The van der Waals surface area contributed by atoms with E-state index in [1.54, 1.807) is 6.20 Å². The van der Waals surface area contributed by atoms with Crippen LogP contribution in [0.25, 0.3) is 0 Å². The lowest BCUT2D eigenvalue weighted by atomic mass is 10.1. The van der Waals surface area contributed by atoms with Crippen LogP contribution in [0.1, 0.15) is 57.2 Å². The summed E-state index contributed by atoms with van der Waals surface area (Å²) in [6.45, 7) is 3.60. The van der Waals surface area contributed by atoms with Gasteiger partial charge in [0, 0.05) is 25.2 Å². The quantitative estimate of drug-likeness (QED) is 0.763. The molecular formula is C20H22ClN3O2S. The minimum Gasteiger partial charge on any atom is -0.328 e. The number of carbonyl (C=O) groups excluding carboxylic acids is 1. The highest BCUT2D eigenvalue weighted by atomic mass is 35.5. The van der Waals surface area contributed by atoms with Crippen LogP contribution in [0.4, 0.5) is 0 Å². The Bertz CT molecular complexity index is 988. The van der Waals surface area contributed by atoms with Gasteiger partial charge >= 0.3 is 0 Å². The molecule has 142 valence electrons. The molecule has 27 heavy (non-hydrogen) atoms. The lowest BCUT2D eigenvalue weighted by Gasteiger charge is -2.15. The van der Waals surface area contributed by atoms with E-state index in [1.807, 2.05) is 16.4 Å². The first-order valence-electron chi connectivity index (χ1n) is 9.66. The summed E-state index contributed by atoms with van der Waals surface area (Å²) in [7, 11) is 0. The van der Waals surface area contributed by atoms with Crippen LogP contribution in [0.3, 0.4) is 0 Å². The Morgan fingerprint density at radius 2 is 2.00 bits per heavy atom. The standard InChI is InChI=1S/C20H22ClN3O2S/c1-11-14-9-23(19(25)16-7-22-17(27-16)6-12-2-3-12)10-15(14)24(8-13-4-5-13)20(26)18(11)21/h7,12-13H,2-6,8-10H2,1H3. The molecule has 3 heterocycles. The molecule has 0 unspecified atom stereocenters. The number of fused-ring (bicyclic) bond motifs is 1. The number of carbonyl (C=O) groups is 1. The molecule has 0 atom stereocenters. The second-order valence-electron chi connectivity index (χ2n) is 8.15. The predicted octanol–water partition coefficient (Wildman–Crippen LogP) is 3.79. The minimum atomic E-state index is -0.112. The zero-order valence-corrected chi connectivity index (χ0v) is 16.9. The fourth-order valence-electron chi connectivity index (χ4n) is 3.86. The topological polar surface area (TPSA) is 55.2 Å². The van der Waals surface area contributed by atoms with E-state index in [9.17, 15) is 9.59 Å². The summed E-state index contributed by atoms with van der Waals surface area (Å²) >= 11 is 7.84. The third-order valence-electron chi connectivity index (χ3n) is 5.93. The summed E-state index contributed by atoms with van der Waals surface area (Å²) in [5.74, 6) is 1.34. The van der Waals surface area contributed by atoms with E-state index in [4.69, 9.17) is 11.6 Å². The molecule has 2 aliphatic carbocycles. The van der Waals surface area contributed by atoms with Crippen molar-refractivity contribution in [1.82, 2.24) is 14.5 Å². The van der Waals surface area contributed by atoms with Crippen molar-refractivity contribution < 1.29 is 4.79 Å². The van der Waals surface area contributed by atoms with Gasteiger partial charge in [0.2, 0.25) is 0 Å². The van der Waals surface area contributed by atoms with Crippen molar-refractivity contribution in [2.45, 2.75) is 58.7 Å². The first-order valence-corrected chi connectivity index (χ1v) is 10.9. The van der Waals surface area contributed by atoms with Gasteiger partial charge in [-0.05, 0) is 55.6 Å². The van der Waals surface area contributed by atoms with Gasteiger partial charge in [-0.2, -0.15) is 0 Å². The SMILES string of the molecule is Cc1c2c(n(CC3CC3)c(=O)c1Cl)CN(C(=O)c1cnc(CC3CC3)s1)C2. The number of rotatable bonds is 5. The van der Waals surface area contributed by atoms with Crippen molar-refractivity contribution in [3.63, 3.8) is 0 Å². The lowest BCUT2D eigenvalue weighted by molar-refractivity contribution is 0.0754. The fraction of sp³-hybridized carbons (Fsp3) is 0.550. The Hall–Kier alpha value is -1.66. The molecule has 2 aromatic rings. The first-order chi connectivity index (χ1) is 13.0. The molecule has 0 spiro atoms. The molecule has 0 bridgehead atoms. The zero-order valence-electron chi connectivity index (χ0n) is 15.3. The van der Waals surface area contributed by atoms with E-state index < -0.39 is 0 Å². The van der Waals surface area contributed by atoms with Gasteiger partial charge in [-0.25, -0.2) is 4.98 Å².